The van der Waals surface area contributed by atoms with E-state index in [9.17, 15) is 13.2 Å². The van der Waals surface area contributed by atoms with Crippen LogP contribution in [0, 0.1) is 0 Å². The van der Waals surface area contributed by atoms with E-state index in [1.54, 1.807) is 0 Å². The topological polar surface area (TPSA) is 101 Å². The summed E-state index contributed by atoms with van der Waals surface area (Å²) < 4.78 is 24.2. The van der Waals surface area contributed by atoms with E-state index in [-0.39, 0.29) is 6.54 Å². The molecule has 96 valence electrons. The Kier molecular flexibility index (Phi) is 5.91. The van der Waals surface area contributed by atoms with Gasteiger partial charge in [0.15, 0.2) is 0 Å². The van der Waals surface area contributed by atoms with E-state index < -0.39 is 27.2 Å². The third-order valence-electron chi connectivity index (χ3n) is 2.68. The summed E-state index contributed by atoms with van der Waals surface area (Å²) in [4.78, 5) is 11.3. The lowest BCUT2D eigenvalue weighted by atomic mass is 9.94. The fraction of sp³-hybridized carbons (Fsp3) is 0.889. The van der Waals surface area contributed by atoms with Crippen LogP contribution in [0.3, 0.4) is 0 Å². The molecule has 1 amide bonds. The minimum Gasteiger partial charge on any atom is -0.353 e. The molecule has 0 aliphatic rings. The Bertz CT molecular complexity index is 323. The lowest BCUT2D eigenvalue weighted by Gasteiger charge is -2.26. The van der Waals surface area contributed by atoms with E-state index in [0.29, 0.717) is 0 Å². The molecule has 0 heterocycles. The van der Waals surface area contributed by atoms with Gasteiger partial charge >= 0.3 is 0 Å². The number of nitrogens with two attached hydrogens (primary N) is 1. The lowest BCUT2D eigenvalue weighted by Crippen LogP contribution is -2.50. The number of carbonyl (C=O) groups is 1. The summed E-state index contributed by atoms with van der Waals surface area (Å²) in [5.74, 6) is -1.10. The van der Waals surface area contributed by atoms with Crippen molar-refractivity contribution in [2.24, 2.45) is 5.73 Å². The monoisotopic (exact) mass is 251 g/mol. The average Bonchev–Trinajstić information content (AvgIpc) is 2.25. The molecule has 16 heavy (non-hydrogen) atoms. The fourth-order valence-corrected chi connectivity index (χ4v) is 1.66. The first-order chi connectivity index (χ1) is 7.28. The minimum atomic E-state index is -3.50. The van der Waals surface area contributed by atoms with E-state index in [1.807, 2.05) is 13.8 Å². The summed E-state index contributed by atoms with van der Waals surface area (Å²) in [6.07, 6.45) is 1.45. The number of nitrogens with one attached hydrogen (secondary N) is 2. The third-order valence-corrected chi connectivity index (χ3v) is 3.94. The van der Waals surface area contributed by atoms with Crippen molar-refractivity contribution in [2.75, 3.05) is 19.3 Å². The maximum Gasteiger partial charge on any atom is 0.236 e. The van der Waals surface area contributed by atoms with Crippen LogP contribution in [0.25, 0.3) is 0 Å². The predicted molar refractivity (Wildman–Crippen MR) is 63.4 cm³/mol. The molecule has 0 aromatic carbocycles. The zero-order valence-corrected chi connectivity index (χ0v) is 10.9. The number of sulfonamides is 1. The van der Waals surface area contributed by atoms with Crippen LogP contribution in [0.15, 0.2) is 0 Å². The van der Waals surface area contributed by atoms with Gasteiger partial charge in [-0.05, 0) is 19.9 Å². The van der Waals surface area contributed by atoms with Crippen molar-refractivity contribution >= 4 is 15.9 Å². The summed E-state index contributed by atoms with van der Waals surface area (Å²) in [6, 6.07) is 0. The van der Waals surface area contributed by atoms with Crippen molar-refractivity contribution in [2.45, 2.75) is 32.2 Å². The van der Waals surface area contributed by atoms with Crippen molar-refractivity contribution < 1.29 is 13.2 Å². The van der Waals surface area contributed by atoms with E-state index in [4.69, 9.17) is 5.73 Å². The molecule has 0 spiro atoms. The van der Waals surface area contributed by atoms with E-state index in [0.717, 1.165) is 12.8 Å². The molecule has 6 nitrogen and oxygen atoms in total. The smallest absolute Gasteiger partial charge is 0.236 e. The van der Waals surface area contributed by atoms with Crippen LogP contribution < -0.4 is 15.8 Å². The molecule has 0 aliphatic carbocycles. The normalized spacial score (nSPS) is 12.5. The lowest BCUT2D eigenvalue weighted by molar-refractivity contribution is -0.118. The van der Waals surface area contributed by atoms with E-state index >= 15 is 0 Å². The van der Waals surface area contributed by atoms with Crippen LogP contribution in [-0.2, 0) is 14.8 Å². The third kappa shape index (κ3) is 5.43. The Hall–Kier alpha value is -0.660. The zero-order chi connectivity index (χ0) is 12.8. The van der Waals surface area contributed by atoms with Crippen molar-refractivity contribution in [3.05, 3.63) is 0 Å². The van der Waals surface area contributed by atoms with Crippen LogP contribution in [-0.4, -0.2) is 39.2 Å². The molecule has 0 saturated carbocycles. The van der Waals surface area contributed by atoms with Gasteiger partial charge in [-0.1, -0.05) is 13.8 Å². The minimum absolute atomic E-state index is 0.290. The molecule has 0 atom stereocenters. The highest BCUT2D eigenvalue weighted by Gasteiger charge is 2.22. The van der Waals surface area contributed by atoms with Crippen LogP contribution in [0.1, 0.15) is 26.7 Å². The Morgan fingerprint density at radius 2 is 1.81 bits per heavy atom. The van der Waals surface area contributed by atoms with E-state index in [2.05, 4.69) is 10.0 Å². The second-order valence-corrected chi connectivity index (χ2v) is 5.74. The second kappa shape index (κ2) is 6.17. The average molecular weight is 251 g/mol. The van der Waals surface area contributed by atoms with Gasteiger partial charge in [-0.25, -0.2) is 13.1 Å². The van der Waals surface area contributed by atoms with Gasteiger partial charge in [-0.2, -0.15) is 0 Å². The molecule has 0 aromatic heterocycles. The van der Waals surface area contributed by atoms with Crippen molar-refractivity contribution in [1.82, 2.24) is 10.0 Å². The Morgan fingerprint density at radius 3 is 2.19 bits per heavy atom. The predicted octanol–water partition coefficient (Wildman–Crippen LogP) is -0.831. The van der Waals surface area contributed by atoms with Crippen molar-refractivity contribution in [1.29, 1.82) is 0 Å². The van der Waals surface area contributed by atoms with Gasteiger partial charge in [0, 0.05) is 12.1 Å². The highest BCUT2D eigenvalue weighted by molar-refractivity contribution is 7.90. The quantitative estimate of drug-likeness (QED) is 0.549. The largest absolute Gasteiger partial charge is 0.353 e. The molecule has 0 aromatic rings. The second-order valence-electron chi connectivity index (χ2n) is 3.81. The fourth-order valence-electron chi connectivity index (χ4n) is 1.07. The zero-order valence-electron chi connectivity index (χ0n) is 10.0. The maximum absolute atomic E-state index is 11.3. The highest BCUT2D eigenvalue weighted by Crippen LogP contribution is 2.09. The molecular formula is C9H21N3O3S. The summed E-state index contributed by atoms with van der Waals surface area (Å²) in [5, 5.41) is 2.53. The Labute approximate surface area is 97.0 Å². The summed E-state index contributed by atoms with van der Waals surface area (Å²) >= 11 is 0. The highest BCUT2D eigenvalue weighted by atomic mass is 32.2. The van der Waals surface area contributed by atoms with Gasteiger partial charge in [0.1, 0.15) is 5.75 Å². The van der Waals surface area contributed by atoms with Gasteiger partial charge < -0.3 is 11.1 Å². The number of rotatable bonds is 7. The molecule has 0 saturated heterocycles. The molecule has 0 radical (unpaired) electrons. The van der Waals surface area contributed by atoms with Gasteiger partial charge in [0.25, 0.3) is 0 Å². The molecular weight excluding hydrogens is 230 g/mol. The van der Waals surface area contributed by atoms with Gasteiger partial charge in [-0.3, -0.25) is 4.79 Å². The SMILES string of the molecule is CCC(N)(CC)CNC(=O)CS(=O)(=O)NC. The number of carbonyl (C=O) groups excluding carboxylic acids is 1. The molecule has 0 aliphatic heterocycles. The number of amides is 1. The Balaban J connectivity index is 4.19. The van der Waals surface area contributed by atoms with Crippen molar-refractivity contribution in [3.8, 4) is 0 Å². The van der Waals surface area contributed by atoms with Crippen LogP contribution >= 0.6 is 0 Å². The molecule has 0 unspecified atom stereocenters. The first-order valence-corrected chi connectivity index (χ1v) is 6.90. The van der Waals surface area contributed by atoms with Crippen LogP contribution in [0.4, 0.5) is 0 Å². The molecule has 7 heteroatoms. The van der Waals surface area contributed by atoms with Gasteiger partial charge in [0.2, 0.25) is 15.9 Å². The first kappa shape index (κ1) is 15.3. The first-order valence-electron chi connectivity index (χ1n) is 5.25. The molecule has 4 N–H and O–H groups in total. The molecule has 0 rings (SSSR count). The number of hydrogen-bond acceptors (Lipinski definition) is 4. The maximum atomic E-state index is 11.3. The van der Waals surface area contributed by atoms with Gasteiger partial charge in [0.05, 0.1) is 0 Å². The summed E-state index contributed by atoms with van der Waals surface area (Å²) in [5.41, 5.74) is 5.50. The van der Waals surface area contributed by atoms with E-state index in [1.165, 1.54) is 7.05 Å². The van der Waals surface area contributed by atoms with Crippen LogP contribution in [0.2, 0.25) is 0 Å². The summed E-state index contributed by atoms with van der Waals surface area (Å²) in [7, 11) is -2.23. The van der Waals surface area contributed by atoms with Gasteiger partial charge in [-0.15, -0.1) is 0 Å². The number of hydrogen-bond donors (Lipinski definition) is 3. The standard InChI is InChI=1S/C9H21N3O3S/c1-4-9(10,5-2)7-12-8(13)6-16(14,15)11-3/h11H,4-7,10H2,1-3H3,(H,12,13). The summed E-state index contributed by atoms with van der Waals surface area (Å²) in [6.45, 7) is 4.15. The molecule has 0 fully saturated rings. The Morgan fingerprint density at radius 1 is 1.31 bits per heavy atom. The molecule has 0 bridgehead atoms. The van der Waals surface area contributed by atoms with Crippen LogP contribution in [0.5, 0.6) is 0 Å². The van der Waals surface area contributed by atoms with Crippen molar-refractivity contribution in [3.63, 3.8) is 0 Å².